The number of benzene rings is 2. The molecule has 3 aliphatic rings. The van der Waals surface area contributed by atoms with Gasteiger partial charge in [0.25, 0.3) is 0 Å². The molecular formula is C29H34Cl2Zr-2. The molecule has 0 heterocycles. The largest absolute Gasteiger partial charge is 0.179 e. The van der Waals surface area contributed by atoms with E-state index in [1.807, 2.05) is 6.07 Å². The van der Waals surface area contributed by atoms with Gasteiger partial charge in [0, 0.05) is 0 Å². The summed E-state index contributed by atoms with van der Waals surface area (Å²) in [6, 6.07) is 18.1. The van der Waals surface area contributed by atoms with Gasteiger partial charge in [0.05, 0.1) is 0 Å². The number of hydrogen-bond acceptors (Lipinski definition) is 0. The maximum absolute atomic E-state index is 3.30. The van der Waals surface area contributed by atoms with E-state index in [0.717, 1.165) is 6.42 Å². The van der Waals surface area contributed by atoms with Gasteiger partial charge in [0.15, 0.2) is 0 Å². The zero-order valence-corrected chi connectivity index (χ0v) is 23.7. The molecule has 1 atom stereocenters. The molecule has 1 fully saturated rings. The van der Waals surface area contributed by atoms with Crippen LogP contribution in [-0.2, 0) is 30.7 Å². The molecular weight excluding hydrogens is 510 g/mol. The van der Waals surface area contributed by atoms with Gasteiger partial charge in [0.2, 0.25) is 0 Å². The van der Waals surface area contributed by atoms with E-state index in [2.05, 4.69) is 88.4 Å². The normalized spacial score (nSPS) is 17.9. The predicted octanol–water partition coefficient (Wildman–Crippen LogP) is 1.70. The molecule has 32 heavy (non-hydrogen) atoms. The minimum Gasteiger partial charge on any atom is -0.179 e. The quantitative estimate of drug-likeness (QED) is 0.378. The van der Waals surface area contributed by atoms with Gasteiger partial charge in [-0.1, -0.05) is 74.4 Å². The van der Waals surface area contributed by atoms with Crippen LogP contribution >= 0.6 is 0 Å². The van der Waals surface area contributed by atoms with Crippen molar-refractivity contribution in [3.05, 3.63) is 83.5 Å². The Morgan fingerprint density at radius 1 is 0.906 bits per heavy atom. The van der Waals surface area contributed by atoms with Crippen molar-refractivity contribution in [2.24, 2.45) is 11.3 Å². The minimum atomic E-state index is 0. The number of fused-ring (bicyclic) bond motifs is 3. The minimum absolute atomic E-state index is 0. The van der Waals surface area contributed by atoms with Crippen molar-refractivity contribution in [2.45, 2.75) is 66.2 Å². The van der Waals surface area contributed by atoms with E-state index in [9.17, 15) is 0 Å². The predicted molar refractivity (Wildman–Crippen MR) is 126 cm³/mol. The van der Waals surface area contributed by atoms with Gasteiger partial charge in [0.1, 0.15) is 0 Å². The van der Waals surface area contributed by atoms with Crippen molar-refractivity contribution < 1.29 is 49.0 Å². The zero-order chi connectivity index (χ0) is 21.6. The van der Waals surface area contributed by atoms with Crippen molar-refractivity contribution in [1.82, 2.24) is 0 Å². The summed E-state index contributed by atoms with van der Waals surface area (Å²) in [7, 11) is 0. The van der Waals surface area contributed by atoms with Crippen LogP contribution in [0.25, 0.3) is 11.1 Å². The van der Waals surface area contributed by atoms with Crippen LogP contribution < -0.4 is 24.8 Å². The molecule has 3 aliphatic carbocycles. The first-order valence-corrected chi connectivity index (χ1v) is 12.5. The Labute approximate surface area is 223 Å². The smallest absolute Gasteiger partial charge is 0.0253 e. The fraction of sp³-hybridized carbons (Fsp3) is 0.414. The van der Waals surface area contributed by atoms with Gasteiger partial charge >= 0.3 is 59.5 Å². The Bertz CT molecular complexity index is 883. The Hall–Kier alpha value is -0.747. The number of halogens is 2. The molecule has 0 aromatic heterocycles. The molecule has 0 aliphatic heterocycles. The third kappa shape index (κ3) is 8.55. The van der Waals surface area contributed by atoms with Crippen LogP contribution in [0.15, 0.2) is 60.2 Å². The first kappa shape index (κ1) is 29.3. The third-order valence-electron chi connectivity index (χ3n) is 5.87. The molecule has 1 saturated carbocycles. The Morgan fingerprint density at radius 2 is 1.56 bits per heavy atom. The van der Waals surface area contributed by atoms with E-state index in [-0.39, 0.29) is 24.8 Å². The SMILES string of the molecule is CC1[C-]=CC(C(C)(C)C)=C1.[Cl-].[Cl-].[Zr+2]=[C]1CCCCC1.[c-]1cccc2c1Cc1ccccc1-2. The van der Waals surface area contributed by atoms with Crippen LogP contribution in [0.4, 0.5) is 0 Å². The molecule has 0 spiro atoms. The first-order valence-electron chi connectivity index (χ1n) is 11.3. The average molecular weight is 545 g/mol. The molecule has 0 amide bonds. The molecule has 0 bridgehead atoms. The topological polar surface area (TPSA) is 0 Å². The summed E-state index contributed by atoms with van der Waals surface area (Å²) in [6.07, 6.45) is 16.0. The van der Waals surface area contributed by atoms with Crippen LogP contribution in [-0.4, -0.2) is 3.21 Å². The summed E-state index contributed by atoms with van der Waals surface area (Å²) in [5.74, 6) is 0.522. The Kier molecular flexibility index (Phi) is 12.7. The fourth-order valence-corrected chi connectivity index (χ4v) is 4.90. The molecule has 1 unspecified atom stereocenters. The van der Waals surface area contributed by atoms with Crippen LogP contribution in [0.2, 0.25) is 0 Å². The summed E-state index contributed by atoms with van der Waals surface area (Å²) in [6.45, 7) is 8.86. The number of allylic oxidation sites excluding steroid dienone is 4. The average Bonchev–Trinajstić information content (AvgIpc) is 3.33. The second-order valence-corrected chi connectivity index (χ2v) is 11.3. The molecule has 5 rings (SSSR count). The maximum atomic E-state index is 3.30. The molecule has 3 heteroatoms. The molecule has 0 radical (unpaired) electrons. The van der Waals surface area contributed by atoms with E-state index in [1.54, 1.807) is 27.4 Å². The van der Waals surface area contributed by atoms with E-state index < -0.39 is 0 Å². The van der Waals surface area contributed by atoms with Gasteiger partial charge in [-0.15, -0.1) is 5.56 Å². The second-order valence-electron chi connectivity index (χ2n) is 9.53. The van der Waals surface area contributed by atoms with E-state index in [1.165, 1.54) is 59.9 Å². The van der Waals surface area contributed by atoms with Crippen LogP contribution in [0, 0.1) is 23.5 Å². The van der Waals surface area contributed by atoms with Crippen LogP contribution in [0.3, 0.4) is 0 Å². The molecule has 0 nitrogen and oxygen atoms in total. The summed E-state index contributed by atoms with van der Waals surface area (Å²) >= 11 is 1.69. The Balaban J connectivity index is 0.000000244. The summed E-state index contributed by atoms with van der Waals surface area (Å²) in [4.78, 5) is 0. The summed E-state index contributed by atoms with van der Waals surface area (Å²) in [5, 5.41) is 0. The van der Waals surface area contributed by atoms with Crippen molar-refractivity contribution in [2.75, 3.05) is 0 Å². The summed E-state index contributed by atoms with van der Waals surface area (Å²) in [5.41, 5.74) is 7.23. The fourth-order valence-electron chi connectivity index (χ4n) is 4.03. The molecule has 0 saturated heterocycles. The third-order valence-corrected chi connectivity index (χ3v) is 7.10. The molecule has 2 aromatic rings. The van der Waals surface area contributed by atoms with E-state index in [4.69, 9.17) is 0 Å². The maximum Gasteiger partial charge on any atom is -0.0253 e. The number of rotatable bonds is 0. The summed E-state index contributed by atoms with van der Waals surface area (Å²) < 4.78 is 1.80. The van der Waals surface area contributed by atoms with Crippen molar-refractivity contribution >= 4 is 3.21 Å². The van der Waals surface area contributed by atoms with Crippen molar-refractivity contribution in [3.8, 4) is 11.1 Å². The first-order chi connectivity index (χ1) is 14.3. The van der Waals surface area contributed by atoms with Crippen molar-refractivity contribution in [1.29, 1.82) is 0 Å². The van der Waals surface area contributed by atoms with E-state index in [0.29, 0.717) is 11.3 Å². The van der Waals surface area contributed by atoms with Crippen LogP contribution in [0.5, 0.6) is 0 Å². The van der Waals surface area contributed by atoms with Gasteiger partial charge in [-0.05, 0) is 6.42 Å². The standard InChI is InChI=1S/C13H9.C10H15.C6H10.2ClH.Zr/c1-3-7-12-10(5-1)9-11-6-2-4-8-13(11)12;1-8-5-6-9(7-8)10(2,3)4;1-2-4-6-5-3-1;;;/h1-5,7-8H,9H2;6-8H,1-4H3;1-5H2;2*1H;/q2*-1;;;;+2/p-2. The molecule has 170 valence electrons. The second kappa shape index (κ2) is 13.8. The van der Waals surface area contributed by atoms with Gasteiger partial charge in [-0.3, -0.25) is 6.08 Å². The van der Waals surface area contributed by atoms with Gasteiger partial charge < -0.3 is 24.8 Å². The molecule has 2 aromatic carbocycles. The number of hydrogen-bond donors (Lipinski definition) is 0. The monoisotopic (exact) mass is 542 g/mol. The van der Waals surface area contributed by atoms with Crippen LogP contribution in [0.1, 0.15) is 70.9 Å². The zero-order valence-electron chi connectivity index (χ0n) is 19.8. The van der Waals surface area contributed by atoms with Crippen molar-refractivity contribution in [3.63, 3.8) is 0 Å². The van der Waals surface area contributed by atoms with Gasteiger partial charge in [-0.2, -0.15) is 41.5 Å². The van der Waals surface area contributed by atoms with E-state index >= 15 is 0 Å². The Morgan fingerprint density at radius 3 is 2.09 bits per heavy atom. The van der Waals surface area contributed by atoms with Gasteiger partial charge in [-0.25, -0.2) is 6.08 Å². The molecule has 0 N–H and O–H groups in total.